The minimum atomic E-state index is -0.0668. The smallest absolute Gasteiger partial charge is 0.187 e. The predicted octanol–water partition coefficient (Wildman–Crippen LogP) is 3.64. The molecule has 0 radical (unpaired) electrons. The molecule has 0 unspecified atom stereocenters. The van der Waals surface area contributed by atoms with Gasteiger partial charge in [0.15, 0.2) is 5.78 Å². The second kappa shape index (κ2) is 7.31. The molecule has 0 saturated heterocycles. The largest absolute Gasteiger partial charge is 0.497 e. The fourth-order valence-electron chi connectivity index (χ4n) is 2.13. The maximum absolute atomic E-state index is 12.3. The minimum Gasteiger partial charge on any atom is -0.497 e. The number of hydrogen-bond donors (Lipinski definition) is 1. The maximum Gasteiger partial charge on any atom is 0.187 e. The number of ketones is 1. The lowest BCUT2D eigenvalue weighted by molar-refractivity contribution is 0.104. The number of benzene rings is 2. The van der Waals surface area contributed by atoms with Gasteiger partial charge in [0.05, 0.1) is 14.2 Å². The molecule has 2 rings (SSSR count). The van der Waals surface area contributed by atoms with Crippen molar-refractivity contribution in [1.29, 1.82) is 0 Å². The molecule has 2 aromatic rings. The summed E-state index contributed by atoms with van der Waals surface area (Å²) in [6.45, 7) is 0. The molecule has 0 saturated carbocycles. The molecule has 0 fully saturated rings. The van der Waals surface area contributed by atoms with Crippen LogP contribution in [0, 0.1) is 0 Å². The van der Waals surface area contributed by atoms with Gasteiger partial charge in [-0.2, -0.15) is 0 Å². The van der Waals surface area contributed by atoms with Crippen LogP contribution in [-0.2, 0) is 0 Å². The minimum absolute atomic E-state index is 0.0668. The van der Waals surface area contributed by atoms with E-state index >= 15 is 0 Å². The van der Waals surface area contributed by atoms with E-state index in [1.807, 2.05) is 30.3 Å². The van der Waals surface area contributed by atoms with E-state index in [-0.39, 0.29) is 5.78 Å². The zero-order valence-corrected chi connectivity index (χ0v) is 12.9. The lowest BCUT2D eigenvalue weighted by Crippen LogP contribution is -2.00. The van der Waals surface area contributed by atoms with Crippen molar-refractivity contribution in [2.24, 2.45) is 0 Å². The topological polar surface area (TPSA) is 47.6 Å². The van der Waals surface area contributed by atoms with Crippen molar-refractivity contribution >= 4 is 17.5 Å². The molecule has 114 valence electrons. The van der Waals surface area contributed by atoms with Gasteiger partial charge in [-0.25, -0.2) is 0 Å². The average Bonchev–Trinajstić information content (AvgIpc) is 2.59. The van der Waals surface area contributed by atoms with Gasteiger partial charge in [-0.1, -0.05) is 12.1 Å². The lowest BCUT2D eigenvalue weighted by Gasteiger charge is -2.08. The SMILES string of the molecule is CNc1ccccc1C(=O)C=Cc1ccc(OC)cc1OC. The van der Waals surface area contributed by atoms with Crippen LogP contribution in [0.4, 0.5) is 5.69 Å². The van der Waals surface area contributed by atoms with Gasteiger partial charge in [0.1, 0.15) is 11.5 Å². The molecule has 0 aliphatic carbocycles. The summed E-state index contributed by atoms with van der Waals surface area (Å²) in [5.41, 5.74) is 2.26. The Morgan fingerprint density at radius 3 is 2.55 bits per heavy atom. The van der Waals surface area contributed by atoms with Crippen LogP contribution in [-0.4, -0.2) is 27.1 Å². The third-order valence-electron chi connectivity index (χ3n) is 3.32. The summed E-state index contributed by atoms with van der Waals surface area (Å²) in [4.78, 5) is 12.3. The summed E-state index contributed by atoms with van der Waals surface area (Å²) in [7, 11) is 4.98. The van der Waals surface area contributed by atoms with Gasteiger partial charge in [0, 0.05) is 29.9 Å². The number of carbonyl (C=O) groups is 1. The van der Waals surface area contributed by atoms with E-state index in [0.717, 1.165) is 11.3 Å². The molecular weight excluding hydrogens is 278 g/mol. The first-order valence-corrected chi connectivity index (χ1v) is 6.90. The Balaban J connectivity index is 2.26. The van der Waals surface area contributed by atoms with Crippen molar-refractivity contribution < 1.29 is 14.3 Å². The number of methoxy groups -OCH3 is 2. The summed E-state index contributed by atoms with van der Waals surface area (Å²) in [6.07, 6.45) is 3.29. The van der Waals surface area contributed by atoms with Gasteiger partial charge in [-0.15, -0.1) is 0 Å². The Morgan fingerprint density at radius 1 is 1.09 bits per heavy atom. The Labute approximate surface area is 130 Å². The molecule has 1 N–H and O–H groups in total. The molecule has 2 aromatic carbocycles. The van der Waals surface area contributed by atoms with Crippen LogP contribution in [0.25, 0.3) is 6.08 Å². The van der Waals surface area contributed by atoms with Gasteiger partial charge >= 0.3 is 0 Å². The highest BCUT2D eigenvalue weighted by Crippen LogP contribution is 2.26. The number of para-hydroxylation sites is 1. The fourth-order valence-corrected chi connectivity index (χ4v) is 2.13. The molecular formula is C18H19NO3. The number of nitrogens with one attached hydrogen (secondary N) is 1. The first-order chi connectivity index (χ1) is 10.7. The number of ether oxygens (including phenoxy) is 2. The standard InChI is InChI=1S/C18H19NO3/c1-19-16-7-5-4-6-15(16)17(20)11-9-13-8-10-14(21-2)12-18(13)22-3/h4-12,19H,1-3H3. The zero-order valence-electron chi connectivity index (χ0n) is 12.9. The molecule has 4 nitrogen and oxygen atoms in total. The lowest BCUT2D eigenvalue weighted by atomic mass is 10.1. The third kappa shape index (κ3) is 3.47. The van der Waals surface area contributed by atoms with Gasteiger partial charge in [-0.05, 0) is 36.4 Å². The molecule has 0 spiro atoms. The Hall–Kier alpha value is -2.75. The van der Waals surface area contributed by atoms with E-state index in [1.165, 1.54) is 0 Å². The van der Waals surface area contributed by atoms with Gasteiger partial charge in [-0.3, -0.25) is 4.79 Å². The van der Waals surface area contributed by atoms with Crippen molar-refractivity contribution in [3.63, 3.8) is 0 Å². The van der Waals surface area contributed by atoms with Crippen LogP contribution in [0.5, 0.6) is 11.5 Å². The van der Waals surface area contributed by atoms with E-state index < -0.39 is 0 Å². The molecule has 22 heavy (non-hydrogen) atoms. The highest BCUT2D eigenvalue weighted by atomic mass is 16.5. The Kier molecular flexibility index (Phi) is 5.20. The highest BCUT2D eigenvalue weighted by molar-refractivity contribution is 6.10. The molecule has 0 heterocycles. The van der Waals surface area contributed by atoms with E-state index in [4.69, 9.17) is 9.47 Å². The summed E-state index contributed by atoms with van der Waals surface area (Å²) in [6, 6.07) is 12.9. The molecule has 0 aromatic heterocycles. The van der Waals surface area contributed by atoms with Gasteiger partial charge < -0.3 is 14.8 Å². The van der Waals surface area contributed by atoms with Crippen molar-refractivity contribution in [3.8, 4) is 11.5 Å². The van der Waals surface area contributed by atoms with Crippen LogP contribution in [0.15, 0.2) is 48.5 Å². The van der Waals surface area contributed by atoms with Gasteiger partial charge in [0.2, 0.25) is 0 Å². The second-order valence-corrected chi connectivity index (χ2v) is 4.60. The van der Waals surface area contributed by atoms with Crippen molar-refractivity contribution in [2.45, 2.75) is 0 Å². The normalized spacial score (nSPS) is 10.5. The quantitative estimate of drug-likeness (QED) is 0.653. The maximum atomic E-state index is 12.3. The molecule has 0 atom stereocenters. The Morgan fingerprint density at radius 2 is 1.86 bits per heavy atom. The number of allylic oxidation sites excluding steroid dienone is 1. The third-order valence-corrected chi connectivity index (χ3v) is 3.32. The average molecular weight is 297 g/mol. The molecule has 0 aliphatic rings. The monoisotopic (exact) mass is 297 g/mol. The van der Waals surface area contributed by atoms with Crippen molar-refractivity contribution in [3.05, 3.63) is 59.7 Å². The molecule has 0 bridgehead atoms. The number of rotatable bonds is 6. The van der Waals surface area contributed by atoms with E-state index in [9.17, 15) is 4.79 Å². The van der Waals surface area contributed by atoms with Gasteiger partial charge in [0.25, 0.3) is 0 Å². The van der Waals surface area contributed by atoms with Crippen molar-refractivity contribution in [2.75, 3.05) is 26.6 Å². The summed E-state index contributed by atoms with van der Waals surface area (Å²) >= 11 is 0. The predicted molar refractivity (Wildman–Crippen MR) is 88.9 cm³/mol. The molecule has 0 amide bonds. The first kappa shape index (κ1) is 15.6. The molecule has 0 aliphatic heterocycles. The number of hydrogen-bond acceptors (Lipinski definition) is 4. The first-order valence-electron chi connectivity index (χ1n) is 6.90. The fraction of sp³-hybridized carbons (Fsp3) is 0.167. The summed E-state index contributed by atoms with van der Waals surface area (Å²) in [5.74, 6) is 1.30. The highest BCUT2D eigenvalue weighted by Gasteiger charge is 2.07. The van der Waals surface area contributed by atoms with Crippen LogP contribution < -0.4 is 14.8 Å². The van der Waals surface area contributed by atoms with E-state index in [1.54, 1.807) is 45.6 Å². The number of anilines is 1. The number of carbonyl (C=O) groups excluding carboxylic acids is 1. The van der Waals surface area contributed by atoms with Crippen LogP contribution in [0.2, 0.25) is 0 Å². The molecule has 4 heteroatoms. The Bertz CT molecular complexity index is 692. The van der Waals surface area contributed by atoms with E-state index in [0.29, 0.717) is 17.1 Å². The summed E-state index contributed by atoms with van der Waals surface area (Å²) in [5, 5.41) is 3.02. The summed E-state index contributed by atoms with van der Waals surface area (Å²) < 4.78 is 10.5. The van der Waals surface area contributed by atoms with Crippen LogP contribution in [0.3, 0.4) is 0 Å². The van der Waals surface area contributed by atoms with E-state index in [2.05, 4.69) is 5.32 Å². The zero-order chi connectivity index (χ0) is 15.9. The van der Waals surface area contributed by atoms with Crippen molar-refractivity contribution in [1.82, 2.24) is 0 Å². The second-order valence-electron chi connectivity index (χ2n) is 4.60. The van der Waals surface area contributed by atoms with Crippen LogP contribution >= 0.6 is 0 Å². The van der Waals surface area contributed by atoms with Crippen LogP contribution in [0.1, 0.15) is 15.9 Å².